The third-order valence-corrected chi connectivity index (χ3v) is 4.23. The van der Waals surface area contributed by atoms with Crippen LogP contribution in [0.2, 0.25) is 0 Å². The molecule has 0 atom stereocenters. The second-order valence-electron chi connectivity index (χ2n) is 4.86. The summed E-state index contributed by atoms with van der Waals surface area (Å²) in [4.78, 5) is -0.246. The van der Waals surface area contributed by atoms with Crippen molar-refractivity contribution in [2.75, 3.05) is 5.73 Å². The Labute approximate surface area is 161 Å². The van der Waals surface area contributed by atoms with Gasteiger partial charge in [-0.1, -0.05) is 42.5 Å². The van der Waals surface area contributed by atoms with E-state index >= 15 is 0 Å². The Hall–Kier alpha value is -1.77. The molecule has 8 heteroatoms. The van der Waals surface area contributed by atoms with Crippen LogP contribution in [0, 0.1) is 0 Å². The summed E-state index contributed by atoms with van der Waals surface area (Å²) in [6.45, 7) is 0. The fourth-order valence-electron chi connectivity index (χ4n) is 2.25. The first-order valence-electron chi connectivity index (χ1n) is 6.72. The molecule has 3 N–H and O–H groups in total. The van der Waals surface area contributed by atoms with Gasteiger partial charge >= 0.3 is 29.6 Å². The molecule has 0 aliphatic carbocycles. The Balaban J connectivity index is 0.00000208. The zero-order valence-electron chi connectivity index (χ0n) is 11.9. The van der Waals surface area contributed by atoms with Crippen LogP contribution in [0.4, 0.5) is 17.1 Å². The van der Waals surface area contributed by atoms with Crippen molar-refractivity contribution in [3.8, 4) is 0 Å². The van der Waals surface area contributed by atoms with Crippen LogP contribution in [-0.2, 0) is 10.1 Å². The van der Waals surface area contributed by atoms with Crippen LogP contribution in [0.5, 0.6) is 0 Å². The quantitative estimate of drug-likeness (QED) is 0.326. The van der Waals surface area contributed by atoms with Gasteiger partial charge in [-0.05, 0) is 18.2 Å². The van der Waals surface area contributed by atoms with Crippen LogP contribution < -0.4 is 5.73 Å². The van der Waals surface area contributed by atoms with Crippen LogP contribution in [0.1, 0.15) is 0 Å². The molecule has 3 rings (SSSR count). The van der Waals surface area contributed by atoms with Gasteiger partial charge < -0.3 is 5.73 Å². The SMILES string of the molecule is Nc1c(N=Nc2ccccc2)cc(S(=O)(=O)O)c2ccccc12.[NaH]. The number of azo groups is 1. The molecule has 3 aromatic carbocycles. The molecule has 0 spiro atoms. The monoisotopic (exact) mass is 351 g/mol. The van der Waals surface area contributed by atoms with E-state index in [-0.39, 0.29) is 40.1 Å². The van der Waals surface area contributed by atoms with Crippen molar-refractivity contribution in [3.63, 3.8) is 0 Å². The first kappa shape index (κ1) is 18.6. The van der Waals surface area contributed by atoms with E-state index in [9.17, 15) is 13.0 Å². The van der Waals surface area contributed by atoms with Crippen LogP contribution in [0.3, 0.4) is 0 Å². The van der Waals surface area contributed by atoms with Gasteiger partial charge in [-0.3, -0.25) is 4.55 Å². The summed E-state index contributed by atoms with van der Waals surface area (Å²) in [6, 6.07) is 16.8. The maximum absolute atomic E-state index is 11.6. The Morgan fingerprint density at radius 1 is 0.875 bits per heavy atom. The van der Waals surface area contributed by atoms with Crippen molar-refractivity contribution in [2.45, 2.75) is 4.90 Å². The number of benzene rings is 3. The van der Waals surface area contributed by atoms with Crippen LogP contribution in [0.15, 0.2) is 75.8 Å². The van der Waals surface area contributed by atoms with E-state index < -0.39 is 10.1 Å². The molecule has 0 unspecified atom stereocenters. The van der Waals surface area contributed by atoms with Crippen molar-refractivity contribution in [2.24, 2.45) is 10.2 Å². The molecule has 0 aliphatic heterocycles. The fourth-order valence-corrected chi connectivity index (χ4v) is 2.97. The normalized spacial score (nSPS) is 11.5. The molecule has 0 heterocycles. The molecule has 0 radical (unpaired) electrons. The molecule has 0 fully saturated rings. The van der Waals surface area contributed by atoms with Gasteiger partial charge in [-0.25, -0.2) is 0 Å². The van der Waals surface area contributed by atoms with Gasteiger partial charge in [0.05, 0.1) is 11.4 Å². The molecule has 3 aromatic rings. The summed E-state index contributed by atoms with van der Waals surface area (Å²) in [5.41, 5.74) is 7.15. The van der Waals surface area contributed by atoms with Gasteiger partial charge in [-0.15, -0.1) is 5.11 Å². The van der Waals surface area contributed by atoms with E-state index in [2.05, 4.69) is 10.2 Å². The van der Waals surface area contributed by atoms with E-state index in [0.29, 0.717) is 22.1 Å². The number of rotatable bonds is 3. The molecule has 24 heavy (non-hydrogen) atoms. The molecule has 6 nitrogen and oxygen atoms in total. The first-order valence-corrected chi connectivity index (χ1v) is 8.16. The van der Waals surface area contributed by atoms with Crippen LogP contribution in [0.25, 0.3) is 10.8 Å². The average Bonchev–Trinajstić information content (AvgIpc) is 2.54. The maximum atomic E-state index is 11.6. The van der Waals surface area contributed by atoms with Gasteiger partial charge in [0, 0.05) is 10.8 Å². The molecule has 0 aromatic heterocycles. The number of nitrogens with zero attached hydrogens (tertiary/aromatic N) is 2. The molecular weight excluding hydrogens is 337 g/mol. The molecule has 0 amide bonds. The van der Waals surface area contributed by atoms with Gasteiger partial charge in [0.15, 0.2) is 0 Å². The number of fused-ring (bicyclic) bond motifs is 1. The molecule has 0 saturated heterocycles. The first-order chi connectivity index (χ1) is 11.0. The summed E-state index contributed by atoms with van der Waals surface area (Å²) in [6.07, 6.45) is 0. The number of hydrogen-bond acceptors (Lipinski definition) is 5. The number of hydrogen-bond donors (Lipinski definition) is 2. The number of anilines is 1. The predicted octanol–water partition coefficient (Wildman–Crippen LogP) is 3.44. The molecule has 118 valence electrons. The van der Waals surface area contributed by atoms with Gasteiger partial charge in [0.1, 0.15) is 10.6 Å². The third-order valence-electron chi connectivity index (χ3n) is 3.33. The molecular formula is C16H14N3NaO3S. The van der Waals surface area contributed by atoms with Crippen molar-refractivity contribution >= 4 is 67.5 Å². The molecule has 0 bridgehead atoms. The predicted molar refractivity (Wildman–Crippen MR) is 95.9 cm³/mol. The fraction of sp³-hybridized carbons (Fsp3) is 0. The zero-order chi connectivity index (χ0) is 16.4. The Morgan fingerprint density at radius 2 is 1.46 bits per heavy atom. The molecule has 0 aliphatic rings. The second kappa shape index (κ2) is 7.42. The third kappa shape index (κ3) is 3.82. The molecule has 0 saturated carbocycles. The van der Waals surface area contributed by atoms with Crippen LogP contribution in [-0.4, -0.2) is 42.5 Å². The standard InChI is InChI=1S/C16H13N3O3S.Na.H/c17-16-13-9-5-4-8-12(13)15(23(20,21)22)10-14(16)19-18-11-6-2-1-3-7-11;;/h1-10H,17H2,(H,20,21,22);;. The Kier molecular flexibility index (Phi) is 5.74. The summed E-state index contributed by atoms with van der Waals surface area (Å²) in [7, 11) is -4.41. The van der Waals surface area contributed by atoms with Crippen molar-refractivity contribution in [1.29, 1.82) is 0 Å². The van der Waals surface area contributed by atoms with Gasteiger partial charge in [0.25, 0.3) is 10.1 Å². The summed E-state index contributed by atoms with van der Waals surface area (Å²) in [5.74, 6) is 0. The van der Waals surface area contributed by atoms with Crippen LogP contribution >= 0.6 is 0 Å². The van der Waals surface area contributed by atoms with Crippen molar-refractivity contribution in [1.82, 2.24) is 0 Å². The topological polar surface area (TPSA) is 105 Å². The number of nitrogens with two attached hydrogens (primary N) is 1. The Bertz CT molecular complexity index is 1010. The summed E-state index contributed by atoms with van der Waals surface area (Å²) >= 11 is 0. The van der Waals surface area contributed by atoms with E-state index in [1.165, 1.54) is 6.07 Å². The summed E-state index contributed by atoms with van der Waals surface area (Å²) < 4.78 is 32.7. The average molecular weight is 351 g/mol. The van der Waals surface area contributed by atoms with E-state index in [4.69, 9.17) is 5.73 Å². The van der Waals surface area contributed by atoms with E-state index in [1.807, 2.05) is 18.2 Å². The minimum atomic E-state index is -4.41. The second-order valence-corrected chi connectivity index (χ2v) is 6.25. The Morgan fingerprint density at radius 3 is 2.08 bits per heavy atom. The van der Waals surface area contributed by atoms with Gasteiger partial charge in [-0.2, -0.15) is 13.5 Å². The van der Waals surface area contributed by atoms with Gasteiger partial charge in [0.2, 0.25) is 0 Å². The number of nitrogen functional groups attached to an aromatic ring is 1. The summed E-state index contributed by atoms with van der Waals surface area (Å²) in [5, 5.41) is 8.89. The van der Waals surface area contributed by atoms with Crippen molar-refractivity contribution in [3.05, 3.63) is 60.7 Å². The minimum absolute atomic E-state index is 0. The van der Waals surface area contributed by atoms with E-state index in [0.717, 1.165) is 0 Å². The zero-order valence-corrected chi connectivity index (χ0v) is 12.7. The van der Waals surface area contributed by atoms with E-state index in [1.54, 1.807) is 36.4 Å². The van der Waals surface area contributed by atoms with Crippen molar-refractivity contribution < 1.29 is 13.0 Å².